The quantitative estimate of drug-likeness (QED) is 0.773. The second kappa shape index (κ2) is 3.53. The molecule has 0 unspecified atom stereocenters. The molecule has 0 bridgehead atoms. The van der Waals surface area contributed by atoms with Crippen molar-refractivity contribution in [1.82, 2.24) is 4.98 Å². The van der Waals surface area contributed by atoms with Gasteiger partial charge in [-0.1, -0.05) is 11.6 Å². The van der Waals surface area contributed by atoms with E-state index in [9.17, 15) is 9.18 Å². The summed E-state index contributed by atoms with van der Waals surface area (Å²) in [7, 11) is 0. The summed E-state index contributed by atoms with van der Waals surface area (Å²) in [4.78, 5) is 14.2. The number of aliphatic carboxylic acids is 1. The fraction of sp³-hybridized carbons (Fsp3) is 0.333. The van der Waals surface area contributed by atoms with Gasteiger partial charge in [-0.25, -0.2) is 4.98 Å². The van der Waals surface area contributed by atoms with Crippen LogP contribution in [0.3, 0.4) is 0 Å². The minimum atomic E-state index is -1.33. The lowest BCUT2D eigenvalue weighted by Gasteiger charge is -2.19. The molecule has 1 rings (SSSR count). The highest BCUT2D eigenvalue weighted by atomic mass is 35.5. The van der Waals surface area contributed by atoms with Gasteiger partial charge in [0.15, 0.2) is 0 Å². The topological polar surface area (TPSA) is 50.2 Å². The van der Waals surface area contributed by atoms with Crippen LogP contribution in [0.2, 0.25) is 5.02 Å². The second-order valence-electron chi connectivity index (χ2n) is 3.42. The molecule has 0 radical (unpaired) electrons. The van der Waals surface area contributed by atoms with Crippen LogP contribution in [0.1, 0.15) is 19.4 Å². The maximum atomic E-state index is 13.2. The Labute approximate surface area is 85.5 Å². The monoisotopic (exact) mass is 217 g/mol. The molecule has 0 amide bonds. The minimum Gasteiger partial charge on any atom is -0.481 e. The average Bonchev–Trinajstić information content (AvgIpc) is 2.08. The van der Waals surface area contributed by atoms with Crippen molar-refractivity contribution in [2.24, 2.45) is 0 Å². The predicted molar refractivity (Wildman–Crippen MR) is 49.9 cm³/mol. The number of carboxylic acid groups (broad SMARTS) is 1. The van der Waals surface area contributed by atoms with Crippen LogP contribution in [0.4, 0.5) is 4.39 Å². The second-order valence-corrected chi connectivity index (χ2v) is 3.86. The van der Waals surface area contributed by atoms with Crippen LogP contribution >= 0.6 is 11.6 Å². The number of nitrogens with zero attached hydrogens (tertiary/aromatic N) is 1. The van der Waals surface area contributed by atoms with Gasteiger partial charge in [-0.15, -0.1) is 0 Å². The van der Waals surface area contributed by atoms with Crippen molar-refractivity contribution >= 4 is 17.6 Å². The molecule has 5 heteroatoms. The van der Waals surface area contributed by atoms with Gasteiger partial charge in [0.2, 0.25) is 5.95 Å². The van der Waals surface area contributed by atoms with Crippen LogP contribution in [0.25, 0.3) is 0 Å². The maximum absolute atomic E-state index is 13.2. The smallest absolute Gasteiger partial charge is 0.313 e. The Hall–Kier alpha value is -1.16. The van der Waals surface area contributed by atoms with Gasteiger partial charge in [-0.2, -0.15) is 4.39 Å². The first-order chi connectivity index (χ1) is 6.35. The van der Waals surface area contributed by atoms with Gasteiger partial charge in [-0.3, -0.25) is 4.79 Å². The molecule has 1 aromatic rings. The Morgan fingerprint density at radius 1 is 1.64 bits per heavy atom. The van der Waals surface area contributed by atoms with Crippen molar-refractivity contribution in [3.05, 3.63) is 28.8 Å². The van der Waals surface area contributed by atoms with Crippen molar-refractivity contribution in [3.8, 4) is 0 Å². The summed E-state index contributed by atoms with van der Waals surface area (Å²) in [6.07, 6.45) is 1.14. The van der Waals surface area contributed by atoms with E-state index in [0.717, 1.165) is 6.20 Å². The van der Waals surface area contributed by atoms with Crippen LogP contribution in [0.15, 0.2) is 12.3 Å². The van der Waals surface area contributed by atoms with Crippen molar-refractivity contribution in [2.75, 3.05) is 0 Å². The number of halogens is 2. The Kier molecular flexibility index (Phi) is 2.76. The molecule has 1 heterocycles. The van der Waals surface area contributed by atoms with E-state index >= 15 is 0 Å². The summed E-state index contributed by atoms with van der Waals surface area (Å²) in [5.74, 6) is -1.93. The highest BCUT2D eigenvalue weighted by molar-refractivity contribution is 6.30. The summed E-state index contributed by atoms with van der Waals surface area (Å²) >= 11 is 5.61. The molecule has 3 nitrogen and oxygen atoms in total. The van der Waals surface area contributed by atoms with E-state index in [-0.39, 0.29) is 10.6 Å². The van der Waals surface area contributed by atoms with Gasteiger partial charge in [0.05, 0.1) is 10.4 Å². The molecule has 1 N–H and O–H groups in total. The molecule has 0 aliphatic heterocycles. The molecular weight excluding hydrogens is 209 g/mol. The van der Waals surface area contributed by atoms with E-state index in [1.807, 2.05) is 0 Å². The summed E-state index contributed by atoms with van der Waals surface area (Å²) in [6.45, 7) is 2.79. The van der Waals surface area contributed by atoms with E-state index in [2.05, 4.69) is 4.98 Å². The first-order valence-electron chi connectivity index (χ1n) is 3.90. The van der Waals surface area contributed by atoms with Crippen LogP contribution in [-0.2, 0) is 10.2 Å². The summed E-state index contributed by atoms with van der Waals surface area (Å²) < 4.78 is 13.2. The molecular formula is C9H9ClFNO2. The molecule has 0 fully saturated rings. The third kappa shape index (κ3) is 1.85. The zero-order valence-corrected chi connectivity index (χ0v) is 8.47. The molecule has 14 heavy (non-hydrogen) atoms. The van der Waals surface area contributed by atoms with Gasteiger partial charge in [-0.05, 0) is 19.9 Å². The Morgan fingerprint density at radius 2 is 2.21 bits per heavy atom. The molecule has 0 aliphatic carbocycles. The fourth-order valence-corrected chi connectivity index (χ4v) is 1.13. The van der Waals surface area contributed by atoms with Crippen LogP contribution in [0, 0.1) is 5.95 Å². The normalized spacial score (nSPS) is 11.4. The summed E-state index contributed by atoms with van der Waals surface area (Å²) in [6, 6.07) is 1.28. The first kappa shape index (κ1) is 10.9. The number of hydrogen-bond acceptors (Lipinski definition) is 2. The van der Waals surface area contributed by atoms with Crippen LogP contribution in [-0.4, -0.2) is 16.1 Å². The van der Waals surface area contributed by atoms with Crippen molar-refractivity contribution in [3.63, 3.8) is 0 Å². The van der Waals surface area contributed by atoms with E-state index in [1.54, 1.807) is 0 Å². The highest BCUT2D eigenvalue weighted by Crippen LogP contribution is 2.27. The lowest BCUT2D eigenvalue weighted by molar-refractivity contribution is -0.142. The maximum Gasteiger partial charge on any atom is 0.313 e. The molecule has 0 saturated heterocycles. The molecule has 0 aromatic carbocycles. The number of rotatable bonds is 2. The number of pyridine rings is 1. The average molecular weight is 218 g/mol. The summed E-state index contributed by atoms with van der Waals surface area (Å²) in [5.41, 5.74) is -1.35. The number of carbonyl (C=O) groups is 1. The third-order valence-electron chi connectivity index (χ3n) is 2.01. The van der Waals surface area contributed by atoms with Crippen molar-refractivity contribution in [1.29, 1.82) is 0 Å². The number of hydrogen-bond donors (Lipinski definition) is 1. The van der Waals surface area contributed by atoms with E-state index in [4.69, 9.17) is 16.7 Å². The van der Waals surface area contributed by atoms with Gasteiger partial charge in [0.25, 0.3) is 0 Å². The third-order valence-corrected chi connectivity index (χ3v) is 2.22. The number of aromatic nitrogens is 1. The standard InChI is InChI=1S/C9H9ClFNO2/c1-9(2,8(13)14)6-3-5(10)4-12-7(6)11/h3-4H,1-2H3,(H,13,14). The van der Waals surface area contributed by atoms with Gasteiger partial charge < -0.3 is 5.11 Å². The van der Waals surface area contributed by atoms with E-state index in [1.165, 1.54) is 19.9 Å². The lowest BCUT2D eigenvalue weighted by Crippen LogP contribution is -2.30. The fourth-order valence-electron chi connectivity index (χ4n) is 0.976. The Balaban J connectivity index is 3.31. The molecule has 0 atom stereocenters. The van der Waals surface area contributed by atoms with E-state index < -0.39 is 17.3 Å². The highest BCUT2D eigenvalue weighted by Gasteiger charge is 2.33. The zero-order valence-electron chi connectivity index (χ0n) is 7.71. The van der Waals surface area contributed by atoms with Gasteiger partial charge in [0, 0.05) is 11.8 Å². The zero-order chi connectivity index (χ0) is 10.9. The molecule has 1 aromatic heterocycles. The molecule has 0 aliphatic rings. The molecule has 0 spiro atoms. The van der Waals surface area contributed by atoms with Crippen molar-refractivity contribution in [2.45, 2.75) is 19.3 Å². The SMILES string of the molecule is CC(C)(C(=O)O)c1cc(Cl)cnc1F. The Morgan fingerprint density at radius 3 is 2.71 bits per heavy atom. The molecule has 0 saturated carbocycles. The summed E-state index contributed by atoms with van der Waals surface area (Å²) in [5, 5.41) is 9.09. The van der Waals surface area contributed by atoms with Crippen LogP contribution < -0.4 is 0 Å². The lowest BCUT2D eigenvalue weighted by atomic mass is 9.86. The Bertz CT molecular complexity index is 379. The number of carboxylic acids is 1. The first-order valence-corrected chi connectivity index (χ1v) is 4.28. The minimum absolute atomic E-state index is 0.0162. The molecule has 76 valence electrons. The van der Waals surface area contributed by atoms with Gasteiger partial charge in [0.1, 0.15) is 0 Å². The van der Waals surface area contributed by atoms with E-state index in [0.29, 0.717) is 0 Å². The van der Waals surface area contributed by atoms with Crippen LogP contribution in [0.5, 0.6) is 0 Å². The van der Waals surface area contributed by atoms with Crippen molar-refractivity contribution < 1.29 is 14.3 Å². The van der Waals surface area contributed by atoms with Gasteiger partial charge >= 0.3 is 5.97 Å². The largest absolute Gasteiger partial charge is 0.481 e. The predicted octanol–water partition coefficient (Wildman–Crippen LogP) is 2.24.